The van der Waals surface area contributed by atoms with Gasteiger partial charge in [-0.15, -0.1) is 0 Å². The van der Waals surface area contributed by atoms with Gasteiger partial charge in [0.25, 0.3) is 0 Å². The molecule has 2 amide bonds. The third kappa shape index (κ3) is 7.10. The van der Waals surface area contributed by atoms with Crippen molar-refractivity contribution in [2.45, 2.75) is 39.0 Å². The SMILES string of the molecule is CCCCCS(=O)(=O)CC(=O)N1CCC(C(=O)Nc2ccc(Cl)cn2)CC1. The molecule has 0 saturated carbocycles. The van der Waals surface area contributed by atoms with Crippen LogP contribution in [0.3, 0.4) is 0 Å². The van der Waals surface area contributed by atoms with Gasteiger partial charge in [0.2, 0.25) is 11.8 Å². The van der Waals surface area contributed by atoms with Gasteiger partial charge >= 0.3 is 0 Å². The number of halogens is 1. The van der Waals surface area contributed by atoms with Gasteiger partial charge in [-0.1, -0.05) is 31.4 Å². The fourth-order valence-corrected chi connectivity index (χ4v) is 4.45. The van der Waals surface area contributed by atoms with Crippen molar-refractivity contribution in [3.05, 3.63) is 23.4 Å². The molecule has 1 fully saturated rings. The summed E-state index contributed by atoms with van der Waals surface area (Å²) in [5.74, 6) is -0.704. The maximum absolute atomic E-state index is 12.3. The molecule has 0 spiro atoms. The Morgan fingerprint density at radius 2 is 1.96 bits per heavy atom. The zero-order chi connectivity index (χ0) is 19.9. The van der Waals surface area contributed by atoms with Gasteiger partial charge in [-0.25, -0.2) is 13.4 Å². The third-order valence-corrected chi connectivity index (χ3v) is 6.42. The maximum atomic E-state index is 12.3. The van der Waals surface area contributed by atoms with E-state index in [0.717, 1.165) is 12.8 Å². The van der Waals surface area contributed by atoms with E-state index >= 15 is 0 Å². The Hall–Kier alpha value is -1.67. The molecular weight excluding hydrogens is 390 g/mol. The number of anilines is 1. The zero-order valence-corrected chi connectivity index (χ0v) is 17.1. The molecule has 9 heteroatoms. The normalized spacial score (nSPS) is 15.6. The van der Waals surface area contributed by atoms with Crippen LogP contribution in [0.2, 0.25) is 5.02 Å². The Kier molecular flexibility index (Phi) is 8.04. The van der Waals surface area contributed by atoms with Gasteiger partial charge in [0.05, 0.1) is 10.8 Å². The van der Waals surface area contributed by atoms with Crippen molar-refractivity contribution >= 4 is 39.1 Å². The van der Waals surface area contributed by atoms with Crippen LogP contribution in [0, 0.1) is 5.92 Å². The van der Waals surface area contributed by atoms with E-state index in [2.05, 4.69) is 10.3 Å². The monoisotopic (exact) mass is 415 g/mol. The molecule has 0 bridgehead atoms. The number of carbonyl (C=O) groups is 2. The van der Waals surface area contributed by atoms with E-state index in [4.69, 9.17) is 11.6 Å². The fourth-order valence-electron chi connectivity index (χ4n) is 2.99. The lowest BCUT2D eigenvalue weighted by atomic mass is 9.96. The number of rotatable bonds is 8. The van der Waals surface area contributed by atoms with Crippen LogP contribution in [0.4, 0.5) is 5.82 Å². The summed E-state index contributed by atoms with van der Waals surface area (Å²) in [4.78, 5) is 30.2. The van der Waals surface area contributed by atoms with E-state index in [0.29, 0.717) is 43.2 Å². The van der Waals surface area contributed by atoms with Gasteiger partial charge in [0.15, 0.2) is 9.84 Å². The number of hydrogen-bond donors (Lipinski definition) is 1. The van der Waals surface area contributed by atoms with Crippen molar-refractivity contribution in [1.82, 2.24) is 9.88 Å². The minimum absolute atomic E-state index is 0.0551. The number of nitrogens with zero attached hydrogens (tertiary/aromatic N) is 2. The van der Waals surface area contributed by atoms with Crippen LogP contribution in [-0.2, 0) is 19.4 Å². The highest BCUT2D eigenvalue weighted by molar-refractivity contribution is 7.92. The predicted molar refractivity (Wildman–Crippen MR) is 105 cm³/mol. The maximum Gasteiger partial charge on any atom is 0.237 e. The molecular formula is C18H26ClN3O4S. The second-order valence-electron chi connectivity index (χ2n) is 6.81. The Morgan fingerprint density at radius 3 is 2.56 bits per heavy atom. The lowest BCUT2D eigenvalue weighted by molar-refractivity contribution is -0.132. The Balaban J connectivity index is 1.79. The molecule has 1 aromatic heterocycles. The Labute approximate surface area is 165 Å². The molecule has 0 unspecified atom stereocenters. The van der Waals surface area contributed by atoms with Crippen LogP contribution in [0.5, 0.6) is 0 Å². The molecule has 2 heterocycles. The van der Waals surface area contributed by atoms with Crippen LogP contribution >= 0.6 is 11.6 Å². The molecule has 0 radical (unpaired) electrons. The standard InChI is InChI=1S/C18H26ClN3O4S/c1-2-3-4-11-27(25,26)13-17(23)22-9-7-14(8-10-22)18(24)21-16-6-5-15(19)12-20-16/h5-6,12,14H,2-4,7-11,13H2,1H3,(H,20,21,24). The fraction of sp³-hybridized carbons (Fsp3) is 0.611. The summed E-state index contributed by atoms with van der Waals surface area (Å²) >= 11 is 5.77. The van der Waals surface area contributed by atoms with Crippen LogP contribution in [0.15, 0.2) is 18.3 Å². The molecule has 1 N–H and O–H groups in total. The molecule has 7 nitrogen and oxygen atoms in total. The smallest absolute Gasteiger partial charge is 0.237 e. The first-order valence-electron chi connectivity index (χ1n) is 9.21. The first kappa shape index (κ1) is 21.6. The summed E-state index contributed by atoms with van der Waals surface area (Å²) in [5.41, 5.74) is 0. The number of likely N-dealkylation sites (tertiary alicyclic amines) is 1. The van der Waals surface area contributed by atoms with E-state index in [1.165, 1.54) is 6.20 Å². The second kappa shape index (κ2) is 10.0. The quantitative estimate of drug-likeness (QED) is 0.658. The van der Waals surface area contributed by atoms with Crippen molar-refractivity contribution in [2.24, 2.45) is 5.92 Å². The molecule has 0 atom stereocenters. The van der Waals surface area contributed by atoms with E-state index in [1.54, 1.807) is 17.0 Å². The molecule has 1 saturated heterocycles. The number of piperidine rings is 1. The molecule has 0 aliphatic carbocycles. The van der Waals surface area contributed by atoms with Gasteiger partial charge in [-0.3, -0.25) is 9.59 Å². The first-order valence-corrected chi connectivity index (χ1v) is 11.4. The number of unbranched alkanes of at least 4 members (excludes halogenated alkanes) is 2. The number of nitrogens with one attached hydrogen (secondary N) is 1. The zero-order valence-electron chi connectivity index (χ0n) is 15.5. The van der Waals surface area contributed by atoms with Gasteiger partial charge in [0, 0.05) is 25.2 Å². The van der Waals surface area contributed by atoms with Crippen LogP contribution in [0.25, 0.3) is 0 Å². The minimum Gasteiger partial charge on any atom is -0.342 e. The summed E-state index contributed by atoms with van der Waals surface area (Å²) in [5, 5.41) is 3.23. The average Bonchev–Trinajstić information content (AvgIpc) is 2.63. The number of aromatic nitrogens is 1. The highest BCUT2D eigenvalue weighted by Crippen LogP contribution is 2.20. The van der Waals surface area contributed by atoms with Crippen molar-refractivity contribution in [3.8, 4) is 0 Å². The summed E-state index contributed by atoms with van der Waals surface area (Å²) in [7, 11) is -3.37. The van der Waals surface area contributed by atoms with E-state index in [1.807, 2.05) is 6.92 Å². The minimum atomic E-state index is -3.37. The van der Waals surface area contributed by atoms with Crippen molar-refractivity contribution < 1.29 is 18.0 Å². The van der Waals surface area contributed by atoms with Crippen LogP contribution in [-0.4, -0.2) is 54.7 Å². The van der Waals surface area contributed by atoms with E-state index in [9.17, 15) is 18.0 Å². The highest BCUT2D eigenvalue weighted by Gasteiger charge is 2.29. The van der Waals surface area contributed by atoms with Crippen molar-refractivity contribution in [1.29, 1.82) is 0 Å². The van der Waals surface area contributed by atoms with E-state index in [-0.39, 0.29) is 23.5 Å². The highest BCUT2D eigenvalue weighted by atomic mass is 35.5. The summed E-state index contributed by atoms with van der Waals surface area (Å²) in [6, 6.07) is 3.27. The lowest BCUT2D eigenvalue weighted by Gasteiger charge is -2.31. The third-order valence-electron chi connectivity index (χ3n) is 4.60. The number of pyridine rings is 1. The molecule has 1 aromatic rings. The van der Waals surface area contributed by atoms with Crippen LogP contribution in [0.1, 0.15) is 39.0 Å². The topological polar surface area (TPSA) is 96.4 Å². The van der Waals surface area contributed by atoms with Crippen molar-refractivity contribution in [3.63, 3.8) is 0 Å². The predicted octanol–water partition coefficient (Wildman–Crippen LogP) is 2.52. The summed E-state index contributed by atoms with van der Waals surface area (Å²) < 4.78 is 24.1. The number of carbonyl (C=O) groups excluding carboxylic acids is 2. The first-order chi connectivity index (χ1) is 12.8. The number of hydrogen-bond acceptors (Lipinski definition) is 5. The van der Waals surface area contributed by atoms with Gasteiger partial charge in [-0.2, -0.15) is 0 Å². The molecule has 27 heavy (non-hydrogen) atoms. The summed E-state index contributed by atoms with van der Waals surface area (Å²) in [6.45, 7) is 2.77. The molecule has 1 aliphatic heterocycles. The van der Waals surface area contributed by atoms with E-state index < -0.39 is 15.6 Å². The van der Waals surface area contributed by atoms with Crippen molar-refractivity contribution in [2.75, 3.05) is 29.9 Å². The second-order valence-corrected chi connectivity index (χ2v) is 9.43. The largest absolute Gasteiger partial charge is 0.342 e. The van der Waals surface area contributed by atoms with Gasteiger partial charge < -0.3 is 10.2 Å². The van der Waals surface area contributed by atoms with Gasteiger partial charge in [-0.05, 0) is 31.4 Å². The Morgan fingerprint density at radius 1 is 1.26 bits per heavy atom. The molecule has 150 valence electrons. The molecule has 2 rings (SSSR count). The summed E-state index contributed by atoms with van der Waals surface area (Å²) in [6.07, 6.45) is 4.83. The number of amides is 2. The average molecular weight is 416 g/mol. The lowest BCUT2D eigenvalue weighted by Crippen LogP contribution is -2.43. The number of sulfone groups is 1. The van der Waals surface area contributed by atoms with Crippen LogP contribution < -0.4 is 5.32 Å². The molecule has 1 aliphatic rings. The van der Waals surface area contributed by atoms with Gasteiger partial charge in [0.1, 0.15) is 11.6 Å². The molecule has 0 aromatic carbocycles. The Bertz CT molecular complexity index is 744.